The van der Waals surface area contributed by atoms with Gasteiger partial charge in [0.25, 0.3) is 5.69 Å². The lowest BCUT2D eigenvalue weighted by Gasteiger charge is -2.34. The molecule has 1 aliphatic rings. The van der Waals surface area contributed by atoms with Crippen molar-refractivity contribution in [3.8, 4) is 0 Å². The van der Waals surface area contributed by atoms with Crippen LogP contribution in [0.1, 0.15) is 44.2 Å². The number of carbonyl (C=O) groups is 3. The van der Waals surface area contributed by atoms with Crippen LogP contribution in [0.3, 0.4) is 0 Å². The lowest BCUT2D eigenvalue weighted by atomic mass is 9.78. The van der Waals surface area contributed by atoms with E-state index in [0.29, 0.717) is 29.8 Å². The van der Waals surface area contributed by atoms with Crippen molar-refractivity contribution in [3.05, 3.63) is 98.4 Å². The lowest BCUT2D eigenvalue weighted by Crippen LogP contribution is -2.44. The lowest BCUT2D eigenvalue weighted by molar-refractivity contribution is -0.384. The number of methoxy groups -OCH3 is 1. The highest BCUT2D eigenvalue weighted by Gasteiger charge is 2.41. The molecule has 212 valence electrons. The fourth-order valence-electron chi connectivity index (χ4n) is 4.57. The van der Waals surface area contributed by atoms with E-state index in [1.165, 1.54) is 25.3 Å². The first-order chi connectivity index (χ1) is 19.2. The third-order valence-electron chi connectivity index (χ3n) is 6.42. The number of amides is 1. The number of dihydropyridines is 1. The van der Waals surface area contributed by atoms with Crippen molar-refractivity contribution >= 4 is 23.7 Å². The maximum absolute atomic E-state index is 13.4. The zero-order valence-electron chi connectivity index (χ0n) is 22.9. The Morgan fingerprint density at radius 2 is 1.75 bits per heavy atom. The molecule has 40 heavy (non-hydrogen) atoms. The van der Waals surface area contributed by atoms with E-state index in [1.807, 2.05) is 37.3 Å². The SMILES string of the molecule is CCOC(=O)C1=C(C(CC)NC(=O)OCCc2ccccc2)NC(C)=C(C(=O)OC)C1c1cccc([N+](=O)[O-])c1. The molecule has 11 heteroatoms. The highest BCUT2D eigenvalue weighted by molar-refractivity contribution is 6.00. The van der Waals surface area contributed by atoms with Gasteiger partial charge in [0.1, 0.15) is 0 Å². The third kappa shape index (κ3) is 7.04. The van der Waals surface area contributed by atoms with Gasteiger partial charge in [-0.25, -0.2) is 14.4 Å². The van der Waals surface area contributed by atoms with Crippen molar-refractivity contribution in [1.82, 2.24) is 10.6 Å². The van der Waals surface area contributed by atoms with Gasteiger partial charge in [-0.1, -0.05) is 49.4 Å². The van der Waals surface area contributed by atoms with E-state index in [1.54, 1.807) is 19.9 Å². The van der Waals surface area contributed by atoms with E-state index < -0.39 is 34.9 Å². The number of alkyl carbamates (subject to hydrolysis) is 1. The number of nitro groups is 1. The highest BCUT2D eigenvalue weighted by Crippen LogP contribution is 2.41. The van der Waals surface area contributed by atoms with Crippen LogP contribution in [0.15, 0.2) is 77.1 Å². The van der Waals surface area contributed by atoms with Gasteiger partial charge in [-0.2, -0.15) is 0 Å². The molecule has 0 saturated heterocycles. The van der Waals surface area contributed by atoms with E-state index in [-0.39, 0.29) is 30.0 Å². The van der Waals surface area contributed by atoms with Gasteiger partial charge in [0.15, 0.2) is 0 Å². The van der Waals surface area contributed by atoms with E-state index in [9.17, 15) is 24.5 Å². The van der Waals surface area contributed by atoms with E-state index in [4.69, 9.17) is 14.2 Å². The highest BCUT2D eigenvalue weighted by atomic mass is 16.6. The Morgan fingerprint density at radius 1 is 1.02 bits per heavy atom. The van der Waals surface area contributed by atoms with Crippen molar-refractivity contribution in [3.63, 3.8) is 0 Å². The molecule has 0 saturated carbocycles. The average molecular weight is 552 g/mol. The molecule has 0 radical (unpaired) electrons. The Labute approximate surface area is 232 Å². The number of rotatable bonds is 11. The summed E-state index contributed by atoms with van der Waals surface area (Å²) < 4.78 is 15.8. The van der Waals surface area contributed by atoms with Gasteiger partial charge in [0.2, 0.25) is 0 Å². The molecular formula is C29H33N3O8. The van der Waals surface area contributed by atoms with Crippen LogP contribution in [0.2, 0.25) is 0 Å². The molecule has 0 spiro atoms. The first kappa shape index (κ1) is 29.9. The van der Waals surface area contributed by atoms with Crippen LogP contribution < -0.4 is 10.6 Å². The molecule has 0 fully saturated rings. The van der Waals surface area contributed by atoms with Gasteiger partial charge >= 0.3 is 18.0 Å². The quantitative estimate of drug-likeness (QED) is 0.181. The van der Waals surface area contributed by atoms with Gasteiger partial charge in [0.05, 0.1) is 48.4 Å². The number of hydrogen-bond donors (Lipinski definition) is 2. The van der Waals surface area contributed by atoms with Gasteiger partial charge < -0.3 is 24.8 Å². The molecule has 2 aromatic rings. The van der Waals surface area contributed by atoms with Gasteiger partial charge in [-0.3, -0.25) is 10.1 Å². The molecule has 11 nitrogen and oxygen atoms in total. The van der Waals surface area contributed by atoms with Crippen molar-refractivity contribution in [2.75, 3.05) is 20.3 Å². The molecule has 1 aliphatic heterocycles. The molecule has 0 aliphatic carbocycles. The summed E-state index contributed by atoms with van der Waals surface area (Å²) in [6.45, 7) is 5.26. The normalized spacial score (nSPS) is 15.6. The van der Waals surface area contributed by atoms with Crippen LogP contribution in [0.25, 0.3) is 0 Å². The van der Waals surface area contributed by atoms with Gasteiger partial charge in [-0.05, 0) is 31.4 Å². The van der Waals surface area contributed by atoms with Crippen LogP contribution in [0.4, 0.5) is 10.5 Å². The number of non-ortho nitro benzene ring substituents is 1. The second-order valence-electron chi connectivity index (χ2n) is 8.96. The molecule has 1 amide bonds. The second kappa shape index (κ2) is 13.9. The Balaban J connectivity index is 2.03. The molecule has 0 aromatic heterocycles. The summed E-state index contributed by atoms with van der Waals surface area (Å²) in [5.41, 5.74) is 1.90. The minimum atomic E-state index is -1.06. The molecule has 2 N–H and O–H groups in total. The van der Waals surface area contributed by atoms with Crippen LogP contribution in [0.5, 0.6) is 0 Å². The van der Waals surface area contributed by atoms with Crippen molar-refractivity contribution in [2.45, 2.75) is 45.6 Å². The Hall–Kier alpha value is -4.67. The Bertz CT molecular complexity index is 1320. The summed E-state index contributed by atoms with van der Waals surface area (Å²) in [5, 5.41) is 17.4. The van der Waals surface area contributed by atoms with Gasteiger partial charge in [-0.15, -0.1) is 0 Å². The van der Waals surface area contributed by atoms with E-state index in [2.05, 4.69) is 10.6 Å². The van der Waals surface area contributed by atoms with E-state index in [0.717, 1.165) is 5.56 Å². The number of nitro benzene ring substituents is 1. The van der Waals surface area contributed by atoms with Crippen LogP contribution >= 0.6 is 0 Å². The minimum Gasteiger partial charge on any atom is -0.466 e. The number of hydrogen-bond acceptors (Lipinski definition) is 9. The predicted molar refractivity (Wildman–Crippen MR) is 146 cm³/mol. The molecule has 3 rings (SSSR count). The number of ether oxygens (including phenoxy) is 3. The molecule has 2 aromatic carbocycles. The molecule has 2 unspecified atom stereocenters. The van der Waals surface area contributed by atoms with E-state index >= 15 is 0 Å². The zero-order chi connectivity index (χ0) is 29.2. The largest absolute Gasteiger partial charge is 0.466 e. The second-order valence-corrected chi connectivity index (χ2v) is 8.96. The Kier molecular flexibility index (Phi) is 10.4. The maximum Gasteiger partial charge on any atom is 0.407 e. The summed E-state index contributed by atoms with van der Waals surface area (Å²) in [4.78, 5) is 50.1. The first-order valence-corrected chi connectivity index (χ1v) is 12.9. The third-order valence-corrected chi connectivity index (χ3v) is 6.42. The standard InChI is InChI=1S/C29H33N3O8/c1-5-22(31-29(35)40-16-15-19-11-8-7-9-12-19)26-25(28(34)39-6-2)24(23(18(3)30-26)27(33)38-4)20-13-10-14-21(17-20)32(36)37/h7-14,17,22,24,30H,5-6,15-16H2,1-4H3,(H,31,35). The topological polar surface area (TPSA) is 146 Å². The number of benzene rings is 2. The summed E-state index contributed by atoms with van der Waals surface area (Å²) in [6, 6.07) is 14.5. The van der Waals surface area contributed by atoms with Crippen molar-refractivity contribution < 1.29 is 33.5 Å². The number of esters is 2. The van der Waals surface area contributed by atoms with Crippen LogP contribution in [-0.2, 0) is 30.2 Å². The molecule has 1 heterocycles. The number of carbonyl (C=O) groups excluding carboxylic acids is 3. The monoisotopic (exact) mass is 551 g/mol. The van der Waals surface area contributed by atoms with Crippen LogP contribution in [0, 0.1) is 10.1 Å². The summed E-state index contributed by atoms with van der Waals surface area (Å²) in [5.74, 6) is -2.52. The number of nitrogens with one attached hydrogen (secondary N) is 2. The number of nitrogens with zero attached hydrogens (tertiary/aromatic N) is 1. The summed E-state index contributed by atoms with van der Waals surface area (Å²) >= 11 is 0. The molecular weight excluding hydrogens is 518 g/mol. The summed E-state index contributed by atoms with van der Waals surface area (Å²) in [7, 11) is 1.21. The minimum absolute atomic E-state index is 0.0322. The summed E-state index contributed by atoms with van der Waals surface area (Å²) in [6.07, 6.45) is 0.188. The first-order valence-electron chi connectivity index (χ1n) is 12.9. The van der Waals surface area contributed by atoms with Crippen molar-refractivity contribution in [1.29, 1.82) is 0 Å². The van der Waals surface area contributed by atoms with Crippen molar-refractivity contribution in [2.24, 2.45) is 0 Å². The zero-order valence-corrected chi connectivity index (χ0v) is 22.9. The molecule has 0 bridgehead atoms. The number of allylic oxidation sites excluding steroid dienone is 1. The van der Waals surface area contributed by atoms with Gasteiger partial charge in [0, 0.05) is 29.9 Å². The average Bonchev–Trinajstić information content (AvgIpc) is 2.95. The molecule has 2 atom stereocenters. The predicted octanol–water partition coefficient (Wildman–Crippen LogP) is 4.29. The Morgan fingerprint density at radius 3 is 2.38 bits per heavy atom. The van der Waals surface area contributed by atoms with Crippen LogP contribution in [-0.4, -0.2) is 49.3 Å². The smallest absolute Gasteiger partial charge is 0.407 e. The fourth-order valence-corrected chi connectivity index (χ4v) is 4.57. The fraction of sp³-hybridized carbons (Fsp3) is 0.345. The maximum atomic E-state index is 13.4.